The predicted molar refractivity (Wildman–Crippen MR) is 64.7 cm³/mol. The molecular formula is C13H17FN2O2. The lowest BCUT2D eigenvalue weighted by molar-refractivity contribution is 0.0730. The first-order valence-electron chi connectivity index (χ1n) is 6.19. The van der Waals surface area contributed by atoms with Gasteiger partial charge in [0.2, 0.25) is 5.95 Å². The van der Waals surface area contributed by atoms with Gasteiger partial charge in [0.25, 0.3) is 5.91 Å². The Labute approximate surface area is 106 Å². The van der Waals surface area contributed by atoms with E-state index in [-0.39, 0.29) is 5.91 Å². The molecule has 2 rings (SSSR count). The highest BCUT2D eigenvalue weighted by Gasteiger charge is 2.22. The molecule has 1 saturated heterocycles. The minimum Gasteiger partial charge on any atom is -0.381 e. The molecule has 1 unspecified atom stereocenters. The average Bonchev–Trinajstić information content (AvgIpc) is 2.89. The normalized spacial score (nSPS) is 18.9. The van der Waals surface area contributed by atoms with Gasteiger partial charge in [-0.3, -0.25) is 4.79 Å². The largest absolute Gasteiger partial charge is 0.381 e. The van der Waals surface area contributed by atoms with Crippen LogP contribution in [0.15, 0.2) is 18.3 Å². The summed E-state index contributed by atoms with van der Waals surface area (Å²) in [5, 5.41) is 0. The Morgan fingerprint density at radius 3 is 3.00 bits per heavy atom. The van der Waals surface area contributed by atoms with Crippen molar-refractivity contribution in [2.24, 2.45) is 5.92 Å². The summed E-state index contributed by atoms with van der Waals surface area (Å²) in [4.78, 5) is 17.5. The van der Waals surface area contributed by atoms with E-state index in [9.17, 15) is 9.18 Å². The summed E-state index contributed by atoms with van der Waals surface area (Å²) in [5.41, 5.74) is 0.428. The average molecular weight is 252 g/mol. The number of aromatic nitrogens is 1. The molecule has 98 valence electrons. The van der Waals surface area contributed by atoms with Crippen LogP contribution in [0.4, 0.5) is 4.39 Å². The zero-order valence-corrected chi connectivity index (χ0v) is 10.4. The third kappa shape index (κ3) is 3.04. The van der Waals surface area contributed by atoms with Gasteiger partial charge in [-0.1, -0.05) is 0 Å². The lowest BCUT2D eigenvalue weighted by Gasteiger charge is -2.23. The lowest BCUT2D eigenvalue weighted by Crippen LogP contribution is -2.35. The Balaban J connectivity index is 2.02. The number of hydrogen-bond donors (Lipinski definition) is 0. The highest BCUT2D eigenvalue weighted by atomic mass is 19.1. The number of rotatable bonds is 4. The SMILES string of the molecule is CCN(CC1CCOC1)C(=O)c1ccc(F)nc1. The van der Waals surface area contributed by atoms with E-state index in [1.807, 2.05) is 6.92 Å². The topological polar surface area (TPSA) is 42.4 Å². The number of carbonyl (C=O) groups is 1. The molecule has 1 atom stereocenters. The van der Waals surface area contributed by atoms with Crippen LogP contribution >= 0.6 is 0 Å². The number of pyridine rings is 1. The van der Waals surface area contributed by atoms with Crippen LogP contribution in [0.25, 0.3) is 0 Å². The Morgan fingerprint density at radius 2 is 2.44 bits per heavy atom. The first-order chi connectivity index (χ1) is 8.70. The van der Waals surface area contributed by atoms with Gasteiger partial charge in [0.15, 0.2) is 0 Å². The molecule has 1 fully saturated rings. The van der Waals surface area contributed by atoms with Gasteiger partial charge < -0.3 is 9.64 Å². The van der Waals surface area contributed by atoms with Crippen molar-refractivity contribution in [1.82, 2.24) is 9.88 Å². The fourth-order valence-corrected chi connectivity index (χ4v) is 2.08. The van der Waals surface area contributed by atoms with E-state index in [1.165, 1.54) is 18.3 Å². The van der Waals surface area contributed by atoms with Crippen LogP contribution in [-0.4, -0.2) is 42.1 Å². The number of halogens is 1. The molecule has 0 N–H and O–H groups in total. The molecule has 1 aromatic heterocycles. The van der Waals surface area contributed by atoms with E-state index in [1.54, 1.807) is 4.90 Å². The van der Waals surface area contributed by atoms with Gasteiger partial charge in [0.05, 0.1) is 12.2 Å². The van der Waals surface area contributed by atoms with E-state index in [0.29, 0.717) is 31.2 Å². The summed E-state index contributed by atoms with van der Waals surface area (Å²) in [6, 6.07) is 2.68. The zero-order chi connectivity index (χ0) is 13.0. The van der Waals surface area contributed by atoms with Gasteiger partial charge in [0.1, 0.15) is 0 Å². The van der Waals surface area contributed by atoms with Crippen LogP contribution in [0.5, 0.6) is 0 Å². The van der Waals surface area contributed by atoms with Crippen LogP contribution in [0.1, 0.15) is 23.7 Å². The molecule has 2 heterocycles. The minimum absolute atomic E-state index is 0.100. The van der Waals surface area contributed by atoms with Gasteiger partial charge in [-0.25, -0.2) is 4.98 Å². The highest BCUT2D eigenvalue weighted by molar-refractivity contribution is 5.93. The summed E-state index contributed by atoms with van der Waals surface area (Å²) in [5.74, 6) is -0.266. The molecule has 0 aliphatic carbocycles. The van der Waals surface area contributed by atoms with Crippen molar-refractivity contribution >= 4 is 5.91 Å². The first-order valence-corrected chi connectivity index (χ1v) is 6.19. The quantitative estimate of drug-likeness (QED) is 0.766. The molecule has 0 bridgehead atoms. The van der Waals surface area contributed by atoms with Gasteiger partial charge >= 0.3 is 0 Å². The maximum Gasteiger partial charge on any atom is 0.255 e. The molecule has 0 saturated carbocycles. The van der Waals surface area contributed by atoms with Crippen molar-refractivity contribution in [3.63, 3.8) is 0 Å². The van der Waals surface area contributed by atoms with Crippen LogP contribution < -0.4 is 0 Å². The lowest BCUT2D eigenvalue weighted by atomic mass is 10.1. The third-order valence-electron chi connectivity index (χ3n) is 3.15. The van der Waals surface area contributed by atoms with Crippen molar-refractivity contribution in [2.45, 2.75) is 13.3 Å². The van der Waals surface area contributed by atoms with Gasteiger partial charge in [-0.2, -0.15) is 4.39 Å². The maximum atomic E-state index is 12.7. The fourth-order valence-electron chi connectivity index (χ4n) is 2.08. The molecule has 4 nitrogen and oxygen atoms in total. The van der Waals surface area contributed by atoms with Gasteiger partial charge in [-0.05, 0) is 25.5 Å². The monoisotopic (exact) mass is 252 g/mol. The molecule has 0 spiro atoms. The van der Waals surface area contributed by atoms with E-state index < -0.39 is 5.95 Å². The number of ether oxygens (including phenoxy) is 1. The van der Waals surface area contributed by atoms with Crippen molar-refractivity contribution in [3.05, 3.63) is 29.8 Å². The maximum absolute atomic E-state index is 12.7. The Morgan fingerprint density at radius 1 is 1.61 bits per heavy atom. The second-order valence-electron chi connectivity index (χ2n) is 4.44. The molecule has 1 aliphatic heterocycles. The van der Waals surface area contributed by atoms with E-state index >= 15 is 0 Å². The summed E-state index contributed by atoms with van der Waals surface area (Å²) in [6.07, 6.45) is 2.27. The first kappa shape index (κ1) is 13.0. The molecule has 1 amide bonds. The Kier molecular flexibility index (Phi) is 4.25. The minimum atomic E-state index is -0.571. The zero-order valence-electron chi connectivity index (χ0n) is 10.4. The van der Waals surface area contributed by atoms with Crippen LogP contribution in [0, 0.1) is 11.9 Å². The molecular weight excluding hydrogens is 235 g/mol. The van der Waals surface area contributed by atoms with E-state index in [0.717, 1.165) is 13.0 Å². The third-order valence-corrected chi connectivity index (χ3v) is 3.15. The predicted octanol–water partition coefficient (Wildman–Crippen LogP) is 1.72. The highest BCUT2D eigenvalue weighted by Crippen LogP contribution is 2.15. The number of nitrogens with zero attached hydrogens (tertiary/aromatic N) is 2. The van der Waals surface area contributed by atoms with Crippen LogP contribution in [0.2, 0.25) is 0 Å². The fraction of sp³-hybridized carbons (Fsp3) is 0.538. The van der Waals surface area contributed by atoms with E-state index in [4.69, 9.17) is 4.74 Å². The van der Waals surface area contributed by atoms with Crippen LogP contribution in [-0.2, 0) is 4.74 Å². The van der Waals surface area contributed by atoms with Gasteiger partial charge in [0, 0.05) is 31.8 Å². The standard InChI is InChI=1S/C13H17FN2O2/c1-2-16(8-10-5-6-18-9-10)13(17)11-3-4-12(14)15-7-11/h3-4,7,10H,2,5-6,8-9H2,1H3. The number of hydrogen-bond acceptors (Lipinski definition) is 3. The van der Waals surface area contributed by atoms with Crippen molar-refractivity contribution < 1.29 is 13.9 Å². The molecule has 1 aromatic rings. The number of amides is 1. The molecule has 5 heteroatoms. The molecule has 1 aliphatic rings. The Hall–Kier alpha value is -1.49. The summed E-state index contributed by atoms with van der Waals surface area (Å²) in [7, 11) is 0. The molecule has 0 radical (unpaired) electrons. The summed E-state index contributed by atoms with van der Waals surface area (Å²) in [6.45, 7) is 4.74. The Bertz CT molecular complexity index is 402. The number of carbonyl (C=O) groups excluding carboxylic acids is 1. The second-order valence-corrected chi connectivity index (χ2v) is 4.44. The second kappa shape index (κ2) is 5.91. The summed E-state index contributed by atoms with van der Waals surface area (Å²) < 4.78 is 18.0. The van der Waals surface area contributed by atoms with Crippen molar-refractivity contribution in [3.8, 4) is 0 Å². The van der Waals surface area contributed by atoms with Crippen molar-refractivity contribution in [1.29, 1.82) is 0 Å². The summed E-state index contributed by atoms with van der Waals surface area (Å²) >= 11 is 0. The molecule has 18 heavy (non-hydrogen) atoms. The molecule has 0 aromatic carbocycles. The van der Waals surface area contributed by atoms with E-state index in [2.05, 4.69) is 4.98 Å². The van der Waals surface area contributed by atoms with Gasteiger partial charge in [-0.15, -0.1) is 0 Å². The van der Waals surface area contributed by atoms with Crippen molar-refractivity contribution in [2.75, 3.05) is 26.3 Å². The van der Waals surface area contributed by atoms with Crippen LogP contribution in [0.3, 0.4) is 0 Å². The smallest absolute Gasteiger partial charge is 0.255 e.